The van der Waals surface area contributed by atoms with Gasteiger partial charge in [-0.25, -0.2) is 8.42 Å². The average molecular weight is 254 g/mol. The van der Waals surface area contributed by atoms with Gasteiger partial charge in [0.1, 0.15) is 5.75 Å². The van der Waals surface area contributed by atoms with Crippen LogP contribution in [0.25, 0.3) is 0 Å². The van der Waals surface area contributed by atoms with E-state index < -0.39 is 21.6 Å². The van der Waals surface area contributed by atoms with Crippen molar-refractivity contribution in [2.24, 2.45) is 0 Å². The number of rotatable bonds is 4. The minimum Gasteiger partial charge on any atom is -0.480 e. The van der Waals surface area contributed by atoms with Crippen LogP contribution in [0, 0.1) is 0 Å². The van der Waals surface area contributed by atoms with Crippen molar-refractivity contribution < 1.29 is 18.3 Å². The second-order valence-corrected chi connectivity index (χ2v) is 6.45. The molecule has 0 saturated heterocycles. The first-order chi connectivity index (χ1) is 7.96. The van der Waals surface area contributed by atoms with Crippen molar-refractivity contribution in [1.29, 1.82) is 0 Å². The predicted molar refractivity (Wildman–Crippen MR) is 63.6 cm³/mol. The third kappa shape index (κ3) is 3.06. The van der Waals surface area contributed by atoms with Gasteiger partial charge in [0.15, 0.2) is 9.84 Å². The van der Waals surface area contributed by atoms with E-state index in [0.29, 0.717) is 5.56 Å². The molecule has 0 spiro atoms. The Bertz CT molecular complexity index is 546. The summed E-state index contributed by atoms with van der Waals surface area (Å²) in [6, 6.07) is 5.62. The molecular formula is C12H14O4S. The molecule has 92 valence electrons. The van der Waals surface area contributed by atoms with Crippen LogP contribution < -0.4 is 0 Å². The zero-order valence-electron chi connectivity index (χ0n) is 9.35. The zero-order valence-corrected chi connectivity index (χ0v) is 10.2. The number of sulfone groups is 1. The number of aliphatic carboxylic acids is 1. The van der Waals surface area contributed by atoms with Crippen molar-refractivity contribution >= 4 is 15.8 Å². The Labute approximate surface area is 100 Å². The summed E-state index contributed by atoms with van der Waals surface area (Å²) in [6.45, 7) is 0. The second kappa shape index (κ2) is 4.49. The molecule has 2 rings (SSSR count). The first-order valence-corrected chi connectivity index (χ1v) is 7.31. The van der Waals surface area contributed by atoms with E-state index in [1.54, 1.807) is 6.07 Å². The number of hydrogen-bond acceptors (Lipinski definition) is 3. The molecule has 0 atom stereocenters. The lowest BCUT2D eigenvalue weighted by Crippen LogP contribution is -2.17. The summed E-state index contributed by atoms with van der Waals surface area (Å²) >= 11 is 0. The van der Waals surface area contributed by atoms with Crippen molar-refractivity contribution in [1.82, 2.24) is 0 Å². The highest BCUT2D eigenvalue weighted by atomic mass is 32.2. The largest absolute Gasteiger partial charge is 0.480 e. The number of fused-ring (bicyclic) bond motifs is 1. The Morgan fingerprint density at radius 3 is 2.65 bits per heavy atom. The van der Waals surface area contributed by atoms with Crippen molar-refractivity contribution in [2.75, 3.05) is 5.75 Å². The second-order valence-electron chi connectivity index (χ2n) is 4.38. The van der Waals surface area contributed by atoms with Crippen molar-refractivity contribution in [3.8, 4) is 0 Å². The molecule has 0 radical (unpaired) electrons. The standard InChI is InChI=1S/C12H14O4S/c13-12(14)8-17(15,16)7-9-4-5-10-2-1-3-11(10)6-9/h4-6H,1-3,7-8H2,(H,13,14). The van der Waals surface area contributed by atoms with E-state index >= 15 is 0 Å². The Morgan fingerprint density at radius 2 is 1.94 bits per heavy atom. The lowest BCUT2D eigenvalue weighted by atomic mass is 10.1. The average Bonchev–Trinajstić information content (AvgIpc) is 2.61. The number of carbonyl (C=O) groups is 1. The highest BCUT2D eigenvalue weighted by Crippen LogP contribution is 2.23. The molecule has 0 aliphatic heterocycles. The Kier molecular flexibility index (Phi) is 3.19. The van der Waals surface area contributed by atoms with Gasteiger partial charge in [-0.15, -0.1) is 0 Å². The van der Waals surface area contributed by atoms with E-state index in [4.69, 9.17) is 5.11 Å². The van der Waals surface area contributed by atoms with Gasteiger partial charge in [-0.3, -0.25) is 4.79 Å². The minimum absolute atomic E-state index is 0.188. The summed E-state index contributed by atoms with van der Waals surface area (Å²) < 4.78 is 23.1. The van der Waals surface area contributed by atoms with E-state index in [0.717, 1.165) is 19.3 Å². The van der Waals surface area contributed by atoms with E-state index in [9.17, 15) is 13.2 Å². The molecule has 1 aliphatic rings. The molecule has 0 bridgehead atoms. The van der Waals surface area contributed by atoms with Crippen LogP contribution in [0.2, 0.25) is 0 Å². The maximum Gasteiger partial charge on any atom is 0.318 e. The normalized spacial score (nSPS) is 14.6. The molecule has 5 heteroatoms. The molecule has 17 heavy (non-hydrogen) atoms. The van der Waals surface area contributed by atoms with Crippen LogP contribution in [0.4, 0.5) is 0 Å². The molecule has 1 N–H and O–H groups in total. The fraction of sp³-hybridized carbons (Fsp3) is 0.417. The summed E-state index contributed by atoms with van der Waals surface area (Å²) in [5.41, 5.74) is 3.17. The zero-order chi connectivity index (χ0) is 12.5. The fourth-order valence-electron chi connectivity index (χ4n) is 2.21. The molecular weight excluding hydrogens is 240 g/mol. The van der Waals surface area contributed by atoms with Gasteiger partial charge < -0.3 is 5.11 Å². The summed E-state index contributed by atoms with van der Waals surface area (Å²) in [4.78, 5) is 10.4. The smallest absolute Gasteiger partial charge is 0.318 e. The first kappa shape index (κ1) is 12.1. The van der Waals surface area contributed by atoms with Gasteiger partial charge in [0.05, 0.1) is 5.75 Å². The van der Waals surface area contributed by atoms with Crippen LogP contribution in [0.15, 0.2) is 18.2 Å². The molecule has 0 amide bonds. The van der Waals surface area contributed by atoms with Gasteiger partial charge in [0.2, 0.25) is 0 Å². The van der Waals surface area contributed by atoms with Gasteiger partial charge >= 0.3 is 5.97 Å². The molecule has 4 nitrogen and oxygen atoms in total. The van der Waals surface area contributed by atoms with Crippen molar-refractivity contribution in [3.63, 3.8) is 0 Å². The Hall–Kier alpha value is -1.36. The lowest BCUT2D eigenvalue weighted by molar-refractivity contribution is -0.134. The van der Waals surface area contributed by atoms with E-state index in [1.165, 1.54) is 11.1 Å². The summed E-state index contributed by atoms with van der Waals surface area (Å²) in [6.07, 6.45) is 3.15. The van der Waals surface area contributed by atoms with Crippen LogP contribution in [-0.4, -0.2) is 25.2 Å². The van der Waals surface area contributed by atoms with Gasteiger partial charge in [-0.05, 0) is 36.0 Å². The number of carboxylic acid groups (broad SMARTS) is 1. The lowest BCUT2D eigenvalue weighted by Gasteiger charge is -2.05. The third-order valence-electron chi connectivity index (χ3n) is 2.89. The number of aryl methyl sites for hydroxylation is 2. The predicted octanol–water partition coefficient (Wildman–Crippen LogP) is 1.17. The monoisotopic (exact) mass is 254 g/mol. The Balaban J connectivity index is 2.17. The number of hydrogen-bond donors (Lipinski definition) is 1. The third-order valence-corrected chi connectivity index (χ3v) is 4.35. The molecule has 0 fully saturated rings. The van der Waals surface area contributed by atoms with Gasteiger partial charge in [0, 0.05) is 0 Å². The summed E-state index contributed by atoms with van der Waals surface area (Å²) in [7, 11) is -3.55. The van der Waals surface area contributed by atoms with Gasteiger partial charge in [-0.1, -0.05) is 18.2 Å². The van der Waals surface area contributed by atoms with Crippen LogP contribution in [0.5, 0.6) is 0 Å². The quantitative estimate of drug-likeness (QED) is 0.875. The first-order valence-electron chi connectivity index (χ1n) is 5.49. The SMILES string of the molecule is O=C(O)CS(=O)(=O)Cc1ccc2c(c1)CCC2. The highest BCUT2D eigenvalue weighted by molar-refractivity contribution is 7.91. The molecule has 0 unspecified atom stereocenters. The van der Waals surface area contributed by atoms with Crippen LogP contribution in [0.3, 0.4) is 0 Å². The highest BCUT2D eigenvalue weighted by Gasteiger charge is 2.18. The van der Waals surface area contributed by atoms with Crippen molar-refractivity contribution in [2.45, 2.75) is 25.0 Å². The van der Waals surface area contributed by atoms with Crippen LogP contribution in [0.1, 0.15) is 23.1 Å². The molecule has 1 aromatic carbocycles. The molecule has 0 aromatic heterocycles. The maximum absolute atomic E-state index is 11.5. The van der Waals surface area contributed by atoms with Gasteiger partial charge in [0.25, 0.3) is 0 Å². The summed E-state index contributed by atoms with van der Waals surface area (Å²) in [5.74, 6) is -2.29. The Morgan fingerprint density at radius 1 is 1.24 bits per heavy atom. The fourth-order valence-corrected chi connectivity index (χ4v) is 3.37. The van der Waals surface area contributed by atoms with Gasteiger partial charge in [-0.2, -0.15) is 0 Å². The number of carboxylic acids is 1. The topological polar surface area (TPSA) is 71.4 Å². The van der Waals surface area contributed by atoms with E-state index in [2.05, 4.69) is 0 Å². The maximum atomic E-state index is 11.5. The minimum atomic E-state index is -3.55. The molecule has 1 aliphatic carbocycles. The van der Waals surface area contributed by atoms with E-state index in [-0.39, 0.29) is 5.75 Å². The molecule has 0 saturated carbocycles. The van der Waals surface area contributed by atoms with E-state index in [1.807, 2.05) is 12.1 Å². The van der Waals surface area contributed by atoms with Crippen LogP contribution >= 0.6 is 0 Å². The van der Waals surface area contributed by atoms with Crippen molar-refractivity contribution in [3.05, 3.63) is 34.9 Å². The molecule has 1 aromatic rings. The summed E-state index contributed by atoms with van der Waals surface area (Å²) in [5, 5.41) is 8.50. The van der Waals surface area contributed by atoms with Crippen LogP contribution in [-0.2, 0) is 33.2 Å². The number of benzene rings is 1. The molecule has 0 heterocycles.